The number of hydrogen-bond donors (Lipinski definition) is 2. The van der Waals surface area contributed by atoms with Gasteiger partial charge in [-0.1, -0.05) is 44.2 Å². The molecule has 9 heteroatoms. The fourth-order valence-electron chi connectivity index (χ4n) is 3.42. The molecular weight excluding hydrogens is 522 g/mol. The third-order valence-corrected chi connectivity index (χ3v) is 6.85. The molecule has 34 heavy (non-hydrogen) atoms. The van der Waals surface area contributed by atoms with E-state index in [4.69, 9.17) is 21.1 Å². The number of ether oxygens (including phenoxy) is 2. The first-order valence-electron chi connectivity index (χ1n) is 11.1. The minimum absolute atomic E-state index is 0.101. The van der Waals surface area contributed by atoms with Crippen LogP contribution in [0.1, 0.15) is 37.6 Å². The number of rotatable bonds is 12. The van der Waals surface area contributed by atoms with Gasteiger partial charge < -0.3 is 19.7 Å². The largest absolute Gasteiger partial charge is 0.492 e. The molecule has 2 atom stereocenters. The van der Waals surface area contributed by atoms with E-state index in [-0.39, 0.29) is 31.1 Å². The van der Waals surface area contributed by atoms with Gasteiger partial charge in [-0.3, -0.25) is 0 Å². The van der Waals surface area contributed by atoms with Gasteiger partial charge in [0.2, 0.25) is 0 Å². The second-order valence-electron chi connectivity index (χ2n) is 8.90. The first kappa shape index (κ1) is 26.5. The molecule has 0 spiro atoms. The topological polar surface area (TPSA) is 89.6 Å². The number of aromatic nitrogens is 3. The zero-order chi connectivity index (χ0) is 24.7. The van der Waals surface area contributed by atoms with Crippen LogP contribution < -0.4 is 9.47 Å². The van der Waals surface area contributed by atoms with Gasteiger partial charge >= 0.3 is 0 Å². The predicted molar refractivity (Wildman–Crippen MR) is 136 cm³/mol. The summed E-state index contributed by atoms with van der Waals surface area (Å²) in [5, 5.41) is 27.1. The molecule has 0 aliphatic heterocycles. The Morgan fingerprint density at radius 2 is 1.79 bits per heavy atom. The molecule has 2 aromatic carbocycles. The maximum absolute atomic E-state index is 10.2. The van der Waals surface area contributed by atoms with Crippen molar-refractivity contribution >= 4 is 27.5 Å². The Hall–Kier alpha value is -2.13. The van der Waals surface area contributed by atoms with Crippen molar-refractivity contribution in [2.45, 2.75) is 45.4 Å². The van der Waals surface area contributed by atoms with Crippen molar-refractivity contribution in [2.24, 2.45) is 5.92 Å². The van der Waals surface area contributed by atoms with E-state index >= 15 is 0 Å². The molecule has 1 aromatic heterocycles. The monoisotopic (exact) mass is 551 g/mol. The van der Waals surface area contributed by atoms with E-state index in [2.05, 4.69) is 59.1 Å². The van der Waals surface area contributed by atoms with Crippen LogP contribution in [-0.4, -0.2) is 50.4 Å². The van der Waals surface area contributed by atoms with Crippen LogP contribution in [0.5, 0.6) is 11.5 Å². The van der Waals surface area contributed by atoms with Gasteiger partial charge in [-0.25, -0.2) is 4.68 Å². The molecule has 0 aliphatic rings. The summed E-state index contributed by atoms with van der Waals surface area (Å²) in [7, 11) is 0. The van der Waals surface area contributed by atoms with E-state index in [9.17, 15) is 10.2 Å². The molecule has 0 fully saturated rings. The average molecular weight is 553 g/mol. The highest BCUT2D eigenvalue weighted by molar-refractivity contribution is 9.10. The lowest BCUT2D eigenvalue weighted by molar-refractivity contribution is 0.0866. The lowest BCUT2D eigenvalue weighted by Gasteiger charge is -2.27. The van der Waals surface area contributed by atoms with Crippen LogP contribution in [0.4, 0.5) is 0 Å². The number of aliphatic hydroxyl groups is 2. The third-order valence-electron chi connectivity index (χ3n) is 5.70. The fraction of sp³-hybridized carbons (Fsp3) is 0.440. The van der Waals surface area contributed by atoms with Crippen LogP contribution in [0.15, 0.2) is 53.1 Å². The van der Waals surface area contributed by atoms with Gasteiger partial charge in [0.15, 0.2) is 0 Å². The number of hydrogen-bond acceptors (Lipinski definition) is 6. The molecule has 184 valence electrons. The first-order chi connectivity index (χ1) is 16.2. The van der Waals surface area contributed by atoms with Crippen LogP contribution in [0.2, 0.25) is 0 Å². The Morgan fingerprint density at radius 3 is 2.44 bits per heavy atom. The van der Waals surface area contributed by atoms with Gasteiger partial charge in [-0.15, -0.1) is 16.7 Å². The van der Waals surface area contributed by atoms with Crippen molar-refractivity contribution in [3.8, 4) is 11.5 Å². The second kappa shape index (κ2) is 12.0. The Labute approximate surface area is 213 Å². The third kappa shape index (κ3) is 6.72. The summed E-state index contributed by atoms with van der Waals surface area (Å²) in [4.78, 5) is 0. The number of alkyl halides is 1. The van der Waals surface area contributed by atoms with Crippen molar-refractivity contribution < 1.29 is 19.7 Å². The van der Waals surface area contributed by atoms with Gasteiger partial charge in [0, 0.05) is 17.2 Å². The zero-order valence-corrected chi connectivity index (χ0v) is 22.0. The van der Waals surface area contributed by atoms with E-state index in [0.29, 0.717) is 23.9 Å². The van der Waals surface area contributed by atoms with Crippen LogP contribution >= 0.6 is 27.5 Å². The van der Waals surface area contributed by atoms with Gasteiger partial charge in [0.05, 0.1) is 36.1 Å². The molecule has 0 aliphatic carbocycles. The van der Waals surface area contributed by atoms with Crippen LogP contribution in [0.25, 0.3) is 0 Å². The summed E-state index contributed by atoms with van der Waals surface area (Å²) in [5.41, 5.74) is 2.58. The number of halogens is 2. The van der Waals surface area contributed by atoms with Crippen molar-refractivity contribution in [3.63, 3.8) is 0 Å². The molecule has 1 heterocycles. The molecule has 0 unspecified atom stereocenters. The van der Waals surface area contributed by atoms with E-state index in [1.165, 1.54) is 10.9 Å². The number of nitrogens with zero attached hydrogens (tertiary/aromatic N) is 3. The minimum atomic E-state index is -0.784. The highest BCUT2D eigenvalue weighted by Gasteiger charge is 2.24. The SMILES string of the molecule is C[C@H](CCl)COc1ccc(C(C)(C)c2ccc(OC[C@H](O)Cn3nncc3CO)cc2)cc1Br. The Morgan fingerprint density at radius 1 is 1.09 bits per heavy atom. The molecule has 3 aromatic rings. The van der Waals surface area contributed by atoms with Crippen molar-refractivity contribution in [2.75, 3.05) is 19.1 Å². The van der Waals surface area contributed by atoms with Crippen LogP contribution in [0, 0.1) is 5.92 Å². The molecule has 0 bridgehead atoms. The first-order valence-corrected chi connectivity index (χ1v) is 12.5. The smallest absolute Gasteiger partial charge is 0.133 e. The summed E-state index contributed by atoms with van der Waals surface area (Å²) in [6.07, 6.45) is 0.684. The van der Waals surface area contributed by atoms with Gasteiger partial charge in [-0.2, -0.15) is 0 Å². The molecule has 3 rings (SSSR count). The number of aliphatic hydroxyl groups excluding tert-OH is 2. The van der Waals surface area contributed by atoms with E-state index < -0.39 is 6.10 Å². The highest BCUT2D eigenvalue weighted by Crippen LogP contribution is 2.36. The fourth-order valence-corrected chi connectivity index (χ4v) is 4.00. The molecule has 0 saturated carbocycles. The van der Waals surface area contributed by atoms with Crippen molar-refractivity contribution in [3.05, 3.63) is 70.0 Å². The molecule has 0 radical (unpaired) electrons. The maximum Gasteiger partial charge on any atom is 0.133 e. The Bertz CT molecular complexity index is 1060. The summed E-state index contributed by atoms with van der Waals surface area (Å²) in [5.74, 6) is 2.31. The van der Waals surface area contributed by atoms with Crippen LogP contribution in [0.3, 0.4) is 0 Å². The quantitative estimate of drug-likeness (QED) is 0.321. The van der Waals surface area contributed by atoms with E-state index in [0.717, 1.165) is 21.3 Å². The van der Waals surface area contributed by atoms with E-state index in [1.54, 1.807) is 0 Å². The molecule has 0 amide bonds. The minimum Gasteiger partial charge on any atom is -0.492 e. The van der Waals surface area contributed by atoms with Gasteiger partial charge in [0.1, 0.15) is 24.2 Å². The second-order valence-corrected chi connectivity index (χ2v) is 10.1. The highest BCUT2D eigenvalue weighted by atomic mass is 79.9. The zero-order valence-electron chi connectivity index (χ0n) is 19.6. The number of benzene rings is 2. The molecule has 0 saturated heterocycles. The Balaban J connectivity index is 1.61. The summed E-state index contributed by atoms with van der Waals surface area (Å²) in [6.45, 7) is 7.07. The normalized spacial score (nSPS) is 13.5. The van der Waals surface area contributed by atoms with Gasteiger partial charge in [0.25, 0.3) is 0 Å². The van der Waals surface area contributed by atoms with Gasteiger partial charge in [-0.05, 0) is 51.3 Å². The lowest BCUT2D eigenvalue weighted by atomic mass is 9.78. The average Bonchev–Trinajstić information content (AvgIpc) is 3.28. The molecular formula is C25H31BrClN3O4. The van der Waals surface area contributed by atoms with Crippen molar-refractivity contribution in [1.29, 1.82) is 0 Å². The molecule has 7 nitrogen and oxygen atoms in total. The lowest BCUT2D eigenvalue weighted by Crippen LogP contribution is -2.25. The predicted octanol–water partition coefficient (Wildman–Crippen LogP) is 4.55. The summed E-state index contributed by atoms with van der Waals surface area (Å²) in [6, 6.07) is 14.0. The summed E-state index contributed by atoms with van der Waals surface area (Å²) < 4.78 is 14.0. The summed E-state index contributed by atoms with van der Waals surface area (Å²) >= 11 is 9.50. The maximum atomic E-state index is 10.2. The molecule has 2 N–H and O–H groups in total. The van der Waals surface area contributed by atoms with Crippen molar-refractivity contribution in [1.82, 2.24) is 15.0 Å². The van der Waals surface area contributed by atoms with E-state index in [1.807, 2.05) is 30.3 Å². The standard InChI is InChI=1S/C25H31BrClN3O4/c1-17(11-27)15-34-24-9-6-19(10-23(24)26)25(2,3)18-4-7-22(8-5-18)33-16-21(32)13-30-20(14-31)12-28-29-30/h4-10,12,17,21,31-32H,11,13-16H2,1-3H3/t17-,21-/m1/s1. The Kier molecular flexibility index (Phi) is 9.36. The van der Waals surface area contributed by atoms with Crippen LogP contribution in [-0.2, 0) is 18.6 Å².